The summed E-state index contributed by atoms with van der Waals surface area (Å²) in [5, 5.41) is 8.75. The quantitative estimate of drug-likeness (QED) is 0.215. The Labute approximate surface area is 219 Å². The number of anilines is 1. The Kier molecular flexibility index (Phi) is 9.81. The molecule has 2 amide bonds. The minimum atomic E-state index is -0.353. The van der Waals surface area contributed by atoms with E-state index in [4.69, 9.17) is 17.0 Å². The van der Waals surface area contributed by atoms with E-state index in [1.165, 1.54) is 0 Å². The molecule has 0 aliphatic rings. The maximum atomic E-state index is 12.7. The number of carbonyl (C=O) groups excluding carboxylic acids is 2. The Hall–Kier alpha value is -3.23. The molecule has 3 aromatic rings. The highest BCUT2D eigenvalue weighted by molar-refractivity contribution is 9.10. The molecular formula is C27H28BrN3O3S. The molecule has 1 unspecified atom stereocenters. The van der Waals surface area contributed by atoms with Gasteiger partial charge >= 0.3 is 0 Å². The zero-order valence-electron chi connectivity index (χ0n) is 19.6. The maximum Gasteiger partial charge on any atom is 0.257 e. The molecule has 0 aromatic heterocycles. The minimum absolute atomic E-state index is 0.129. The van der Waals surface area contributed by atoms with Crippen LogP contribution in [-0.2, 0) is 0 Å². The van der Waals surface area contributed by atoms with E-state index in [1.807, 2.05) is 37.3 Å². The summed E-state index contributed by atoms with van der Waals surface area (Å²) in [5.41, 5.74) is 2.53. The zero-order valence-corrected chi connectivity index (χ0v) is 22.0. The van der Waals surface area contributed by atoms with Gasteiger partial charge in [-0.3, -0.25) is 14.9 Å². The van der Waals surface area contributed by atoms with Crippen molar-refractivity contribution in [2.24, 2.45) is 0 Å². The monoisotopic (exact) mass is 553 g/mol. The highest BCUT2D eigenvalue weighted by Gasteiger charge is 2.14. The average molecular weight is 555 g/mol. The number of rotatable bonds is 9. The highest BCUT2D eigenvalue weighted by Crippen LogP contribution is 2.26. The summed E-state index contributed by atoms with van der Waals surface area (Å²) in [6.07, 6.45) is 2.01. The predicted octanol–water partition coefficient (Wildman–Crippen LogP) is 6.25. The van der Waals surface area contributed by atoms with Gasteiger partial charge in [0.25, 0.3) is 11.8 Å². The number of carbonyl (C=O) groups is 2. The molecule has 0 saturated heterocycles. The molecule has 0 radical (unpaired) electrons. The van der Waals surface area contributed by atoms with E-state index in [1.54, 1.807) is 42.5 Å². The van der Waals surface area contributed by atoms with Gasteiger partial charge in [0.2, 0.25) is 0 Å². The van der Waals surface area contributed by atoms with Crippen molar-refractivity contribution in [3.05, 3.63) is 94.0 Å². The van der Waals surface area contributed by atoms with Crippen molar-refractivity contribution in [3.8, 4) is 5.75 Å². The first-order chi connectivity index (χ1) is 16.9. The van der Waals surface area contributed by atoms with Crippen molar-refractivity contribution in [1.82, 2.24) is 10.6 Å². The van der Waals surface area contributed by atoms with Crippen molar-refractivity contribution in [1.29, 1.82) is 0 Å². The standard InChI is InChI=1S/C27H28BrN3O3S/c1-3-4-15-34-24-14-13-21(17-23(24)28)26(33)31-27(35)30-22-12-8-11-20(16-22)25(32)29-18(2)19-9-6-5-7-10-19/h5-14,16-18H,3-4,15H2,1-2H3,(H,29,32)(H2,30,31,33,35). The Bertz CT molecular complexity index is 1190. The third-order valence-corrected chi connectivity index (χ3v) is 6.03. The van der Waals surface area contributed by atoms with Crippen LogP contribution in [0.2, 0.25) is 0 Å². The molecule has 0 aliphatic heterocycles. The lowest BCUT2D eigenvalue weighted by Crippen LogP contribution is -2.34. The second kappa shape index (κ2) is 13.0. The maximum absolute atomic E-state index is 12.7. The molecule has 182 valence electrons. The molecule has 6 nitrogen and oxygen atoms in total. The average Bonchev–Trinajstić information content (AvgIpc) is 2.85. The molecule has 0 bridgehead atoms. The largest absolute Gasteiger partial charge is 0.492 e. The van der Waals surface area contributed by atoms with Crippen molar-refractivity contribution >= 4 is 50.8 Å². The smallest absolute Gasteiger partial charge is 0.257 e. The van der Waals surface area contributed by atoms with Crippen molar-refractivity contribution < 1.29 is 14.3 Å². The van der Waals surface area contributed by atoms with Gasteiger partial charge in [-0.15, -0.1) is 0 Å². The van der Waals surface area contributed by atoms with Crippen LogP contribution in [0.15, 0.2) is 77.3 Å². The van der Waals surface area contributed by atoms with Crippen LogP contribution >= 0.6 is 28.1 Å². The molecule has 35 heavy (non-hydrogen) atoms. The first-order valence-corrected chi connectivity index (χ1v) is 12.6. The normalized spacial score (nSPS) is 11.3. The van der Waals surface area contributed by atoms with Gasteiger partial charge in [-0.05, 0) is 83.5 Å². The molecule has 0 fully saturated rings. The van der Waals surface area contributed by atoms with Gasteiger partial charge in [-0.2, -0.15) is 0 Å². The van der Waals surface area contributed by atoms with Crippen LogP contribution in [0.3, 0.4) is 0 Å². The lowest BCUT2D eigenvalue weighted by molar-refractivity contribution is 0.0938. The number of unbranched alkanes of at least 4 members (excludes halogenated alkanes) is 1. The van der Waals surface area contributed by atoms with Crippen molar-refractivity contribution in [2.45, 2.75) is 32.7 Å². The molecule has 0 heterocycles. The van der Waals surface area contributed by atoms with Gasteiger partial charge in [0.15, 0.2) is 5.11 Å². The number of hydrogen-bond acceptors (Lipinski definition) is 4. The van der Waals surface area contributed by atoms with Gasteiger partial charge < -0.3 is 15.4 Å². The van der Waals surface area contributed by atoms with Crippen LogP contribution in [0, 0.1) is 0 Å². The second-order valence-corrected chi connectivity index (χ2v) is 9.20. The number of thiocarbonyl (C=S) groups is 1. The number of nitrogens with one attached hydrogen (secondary N) is 3. The van der Waals surface area contributed by atoms with Crippen LogP contribution in [0.25, 0.3) is 0 Å². The highest BCUT2D eigenvalue weighted by atomic mass is 79.9. The Morgan fingerprint density at radius 2 is 1.71 bits per heavy atom. The van der Waals surface area contributed by atoms with Crippen LogP contribution in [0.4, 0.5) is 5.69 Å². The summed E-state index contributed by atoms with van der Waals surface area (Å²) in [6, 6.07) is 21.7. The first kappa shape index (κ1) is 26.4. The molecule has 0 aliphatic carbocycles. The minimum Gasteiger partial charge on any atom is -0.492 e. The molecule has 3 rings (SSSR count). The van der Waals surface area contributed by atoms with Crippen LogP contribution in [-0.4, -0.2) is 23.5 Å². The lowest BCUT2D eigenvalue weighted by atomic mass is 10.1. The molecule has 0 spiro atoms. The predicted molar refractivity (Wildman–Crippen MR) is 147 cm³/mol. The number of halogens is 1. The molecule has 3 aromatic carbocycles. The molecule has 0 saturated carbocycles. The van der Waals surface area contributed by atoms with E-state index < -0.39 is 0 Å². The Balaban J connectivity index is 1.57. The second-order valence-electron chi connectivity index (χ2n) is 7.94. The topological polar surface area (TPSA) is 79.5 Å². The van der Waals surface area contributed by atoms with E-state index in [0.717, 1.165) is 18.4 Å². The Morgan fingerprint density at radius 3 is 2.43 bits per heavy atom. The van der Waals surface area contributed by atoms with Gasteiger partial charge in [0, 0.05) is 16.8 Å². The fraction of sp³-hybridized carbons (Fsp3) is 0.222. The Morgan fingerprint density at radius 1 is 0.971 bits per heavy atom. The third kappa shape index (κ3) is 7.90. The summed E-state index contributed by atoms with van der Waals surface area (Å²) in [7, 11) is 0. The molecular weight excluding hydrogens is 526 g/mol. The van der Waals surface area contributed by atoms with Crippen LogP contribution in [0.1, 0.15) is 59.0 Å². The fourth-order valence-corrected chi connectivity index (χ4v) is 3.97. The van der Waals surface area contributed by atoms with E-state index in [2.05, 4.69) is 38.8 Å². The van der Waals surface area contributed by atoms with E-state index >= 15 is 0 Å². The van der Waals surface area contributed by atoms with Gasteiger partial charge in [0.1, 0.15) is 5.75 Å². The summed E-state index contributed by atoms with van der Waals surface area (Å²) in [4.78, 5) is 25.4. The van der Waals surface area contributed by atoms with Crippen LogP contribution < -0.4 is 20.7 Å². The zero-order chi connectivity index (χ0) is 25.2. The molecule has 8 heteroatoms. The SMILES string of the molecule is CCCCOc1ccc(C(=O)NC(=S)Nc2cccc(C(=O)NC(C)c3ccccc3)c2)cc1Br. The first-order valence-electron chi connectivity index (χ1n) is 11.4. The van der Waals surface area contributed by atoms with E-state index in [-0.39, 0.29) is 23.0 Å². The van der Waals surface area contributed by atoms with E-state index in [9.17, 15) is 9.59 Å². The lowest BCUT2D eigenvalue weighted by Gasteiger charge is -2.15. The summed E-state index contributed by atoms with van der Waals surface area (Å²) in [6.45, 7) is 4.65. The summed E-state index contributed by atoms with van der Waals surface area (Å²) in [5.74, 6) is 0.132. The number of hydrogen-bond donors (Lipinski definition) is 3. The van der Waals surface area contributed by atoms with Crippen molar-refractivity contribution in [3.63, 3.8) is 0 Å². The van der Waals surface area contributed by atoms with Gasteiger partial charge in [0.05, 0.1) is 17.1 Å². The number of benzene rings is 3. The van der Waals surface area contributed by atoms with Crippen LogP contribution in [0.5, 0.6) is 5.75 Å². The van der Waals surface area contributed by atoms with Gasteiger partial charge in [-0.1, -0.05) is 49.7 Å². The fourth-order valence-electron chi connectivity index (χ4n) is 3.27. The number of ether oxygens (including phenoxy) is 1. The molecule has 3 N–H and O–H groups in total. The van der Waals surface area contributed by atoms with Gasteiger partial charge in [-0.25, -0.2) is 0 Å². The van der Waals surface area contributed by atoms with Crippen molar-refractivity contribution in [2.75, 3.05) is 11.9 Å². The summed E-state index contributed by atoms with van der Waals surface area (Å²) >= 11 is 8.75. The third-order valence-electron chi connectivity index (χ3n) is 5.21. The molecule has 1 atom stereocenters. The van der Waals surface area contributed by atoms with E-state index in [0.29, 0.717) is 33.6 Å². The summed E-state index contributed by atoms with van der Waals surface area (Å²) < 4.78 is 6.40. The number of amides is 2.